The Morgan fingerprint density at radius 3 is 2.94 bits per heavy atom. The largest absolute Gasteiger partial charge is 0.395 e. The number of urea groups is 1. The average Bonchev–Trinajstić information content (AvgIpc) is 2.94. The van der Waals surface area contributed by atoms with Gasteiger partial charge in [-0.3, -0.25) is 4.90 Å². The molecule has 18 heavy (non-hydrogen) atoms. The van der Waals surface area contributed by atoms with E-state index < -0.39 is 0 Å². The van der Waals surface area contributed by atoms with E-state index in [4.69, 9.17) is 5.11 Å². The zero-order chi connectivity index (χ0) is 12.5. The first-order valence-corrected chi connectivity index (χ1v) is 6.64. The van der Waals surface area contributed by atoms with Crippen molar-refractivity contribution >= 4 is 32.7 Å². The van der Waals surface area contributed by atoms with Gasteiger partial charge < -0.3 is 10.0 Å². The van der Waals surface area contributed by atoms with Gasteiger partial charge in [-0.2, -0.15) is 0 Å². The standard InChI is InChI=1S/C12H13N3O2S/c16-8-7-14-5-6-15(12(14)17)11-13-9-3-1-2-4-10(9)18-11/h1-4,16H,5-8H2. The summed E-state index contributed by atoms with van der Waals surface area (Å²) in [5.74, 6) is 0. The van der Waals surface area contributed by atoms with Crippen LogP contribution in [-0.2, 0) is 0 Å². The number of thiazole rings is 1. The van der Waals surface area contributed by atoms with Crippen LogP contribution >= 0.6 is 11.3 Å². The summed E-state index contributed by atoms with van der Waals surface area (Å²) in [6.07, 6.45) is 0. The SMILES string of the molecule is O=C1N(CCO)CCN1c1nc2ccccc2s1. The number of β-amino-alcohol motifs (C(OH)–C–C–N with tert-alkyl or cyclic N) is 1. The molecule has 0 saturated carbocycles. The molecule has 94 valence electrons. The number of rotatable bonds is 3. The summed E-state index contributed by atoms with van der Waals surface area (Å²) >= 11 is 1.52. The molecule has 3 rings (SSSR count). The number of amides is 2. The molecule has 0 atom stereocenters. The minimum Gasteiger partial charge on any atom is -0.395 e. The molecule has 2 aromatic rings. The minimum atomic E-state index is -0.0666. The molecular formula is C12H13N3O2S. The summed E-state index contributed by atoms with van der Waals surface area (Å²) in [4.78, 5) is 19.9. The van der Waals surface area contributed by atoms with E-state index >= 15 is 0 Å². The zero-order valence-electron chi connectivity index (χ0n) is 9.74. The first kappa shape index (κ1) is 11.4. The molecule has 1 aromatic carbocycles. The maximum absolute atomic E-state index is 12.1. The van der Waals surface area contributed by atoms with Crippen LogP contribution in [0.2, 0.25) is 0 Å². The molecule has 1 aliphatic rings. The van der Waals surface area contributed by atoms with Crippen molar-refractivity contribution in [3.8, 4) is 0 Å². The van der Waals surface area contributed by atoms with Gasteiger partial charge in [-0.15, -0.1) is 0 Å². The van der Waals surface area contributed by atoms with E-state index in [9.17, 15) is 4.79 Å². The molecule has 0 aliphatic carbocycles. The van der Waals surface area contributed by atoms with Gasteiger partial charge in [-0.05, 0) is 12.1 Å². The van der Waals surface area contributed by atoms with Crippen LogP contribution in [0.5, 0.6) is 0 Å². The topological polar surface area (TPSA) is 56.7 Å². The minimum absolute atomic E-state index is 0.000571. The monoisotopic (exact) mass is 263 g/mol. The fraction of sp³-hybridized carbons (Fsp3) is 0.333. The van der Waals surface area contributed by atoms with E-state index in [-0.39, 0.29) is 12.6 Å². The van der Waals surface area contributed by atoms with Crippen LogP contribution in [0, 0.1) is 0 Å². The fourth-order valence-electron chi connectivity index (χ4n) is 2.06. The number of para-hydroxylation sites is 1. The summed E-state index contributed by atoms with van der Waals surface area (Å²) < 4.78 is 1.08. The first-order valence-electron chi connectivity index (χ1n) is 5.82. The van der Waals surface area contributed by atoms with Crippen molar-refractivity contribution in [3.05, 3.63) is 24.3 Å². The highest BCUT2D eigenvalue weighted by molar-refractivity contribution is 7.22. The third-order valence-electron chi connectivity index (χ3n) is 2.98. The van der Waals surface area contributed by atoms with Gasteiger partial charge >= 0.3 is 6.03 Å². The Bertz CT molecular complexity index is 550. The molecule has 0 spiro atoms. The van der Waals surface area contributed by atoms with E-state index in [2.05, 4.69) is 4.98 Å². The molecular weight excluding hydrogens is 250 g/mol. The number of nitrogens with zero attached hydrogens (tertiary/aromatic N) is 3. The quantitative estimate of drug-likeness (QED) is 0.913. The molecule has 1 aliphatic heterocycles. The highest BCUT2D eigenvalue weighted by Crippen LogP contribution is 2.30. The van der Waals surface area contributed by atoms with Gasteiger partial charge in [0.05, 0.1) is 16.8 Å². The van der Waals surface area contributed by atoms with Crippen molar-refractivity contribution in [2.45, 2.75) is 0 Å². The third-order valence-corrected chi connectivity index (χ3v) is 4.04. The Balaban J connectivity index is 1.89. The first-order chi connectivity index (χ1) is 8.79. The van der Waals surface area contributed by atoms with Crippen LogP contribution < -0.4 is 4.90 Å². The Morgan fingerprint density at radius 2 is 2.17 bits per heavy atom. The van der Waals surface area contributed by atoms with Gasteiger partial charge in [-0.1, -0.05) is 23.5 Å². The van der Waals surface area contributed by atoms with Gasteiger partial charge in [0.2, 0.25) is 0 Å². The Morgan fingerprint density at radius 1 is 1.33 bits per heavy atom. The van der Waals surface area contributed by atoms with Crippen molar-refractivity contribution in [1.82, 2.24) is 9.88 Å². The molecule has 2 amide bonds. The van der Waals surface area contributed by atoms with Crippen molar-refractivity contribution < 1.29 is 9.90 Å². The summed E-state index contributed by atoms with van der Waals surface area (Å²) in [5.41, 5.74) is 0.922. The van der Waals surface area contributed by atoms with Gasteiger partial charge in [0.15, 0.2) is 5.13 Å². The normalized spacial score (nSPS) is 15.9. The number of fused-ring (bicyclic) bond motifs is 1. The van der Waals surface area contributed by atoms with Crippen LogP contribution in [0.3, 0.4) is 0 Å². The van der Waals surface area contributed by atoms with Crippen LogP contribution in [0.1, 0.15) is 0 Å². The fourth-order valence-corrected chi connectivity index (χ4v) is 3.05. The van der Waals surface area contributed by atoms with Crippen molar-refractivity contribution in [2.24, 2.45) is 0 Å². The van der Waals surface area contributed by atoms with Crippen LogP contribution in [-0.4, -0.2) is 47.3 Å². The average molecular weight is 263 g/mol. The molecule has 2 heterocycles. The molecule has 6 heteroatoms. The van der Waals surface area contributed by atoms with Crippen molar-refractivity contribution in [3.63, 3.8) is 0 Å². The molecule has 0 radical (unpaired) electrons. The highest BCUT2D eigenvalue weighted by Gasteiger charge is 2.30. The van der Waals surface area contributed by atoms with E-state index in [1.165, 1.54) is 11.3 Å². The third kappa shape index (κ3) is 1.83. The molecule has 1 aromatic heterocycles. The van der Waals surface area contributed by atoms with Crippen molar-refractivity contribution in [1.29, 1.82) is 0 Å². The lowest BCUT2D eigenvalue weighted by atomic mass is 10.3. The van der Waals surface area contributed by atoms with Gasteiger partial charge in [0.1, 0.15) is 0 Å². The second kappa shape index (κ2) is 4.55. The lowest BCUT2D eigenvalue weighted by molar-refractivity contribution is 0.199. The summed E-state index contributed by atoms with van der Waals surface area (Å²) in [6, 6.07) is 7.79. The second-order valence-corrected chi connectivity index (χ2v) is 5.12. The lowest BCUT2D eigenvalue weighted by Gasteiger charge is -2.15. The zero-order valence-corrected chi connectivity index (χ0v) is 10.6. The molecule has 1 fully saturated rings. The van der Waals surface area contributed by atoms with Gasteiger partial charge in [-0.25, -0.2) is 9.78 Å². The number of aliphatic hydroxyl groups is 1. The predicted molar refractivity (Wildman–Crippen MR) is 71.0 cm³/mol. The van der Waals surface area contributed by atoms with E-state index in [0.717, 1.165) is 15.3 Å². The highest BCUT2D eigenvalue weighted by atomic mass is 32.1. The number of hydrogen-bond acceptors (Lipinski definition) is 4. The number of aliphatic hydroxyl groups excluding tert-OH is 1. The van der Waals surface area contributed by atoms with Crippen molar-refractivity contribution in [2.75, 3.05) is 31.1 Å². The molecule has 0 bridgehead atoms. The van der Waals surface area contributed by atoms with Crippen LogP contribution in [0.4, 0.5) is 9.93 Å². The number of anilines is 1. The predicted octanol–water partition coefficient (Wildman–Crippen LogP) is 1.53. The Kier molecular flexibility index (Phi) is 2.89. The summed E-state index contributed by atoms with van der Waals surface area (Å²) in [5, 5.41) is 9.63. The van der Waals surface area contributed by atoms with E-state index in [0.29, 0.717) is 19.6 Å². The van der Waals surface area contributed by atoms with Crippen LogP contribution in [0.15, 0.2) is 24.3 Å². The van der Waals surface area contributed by atoms with Gasteiger partial charge in [0, 0.05) is 19.6 Å². The molecule has 5 nitrogen and oxygen atoms in total. The van der Waals surface area contributed by atoms with E-state index in [1.54, 1.807) is 9.80 Å². The number of benzene rings is 1. The lowest BCUT2D eigenvalue weighted by Crippen LogP contribution is -2.33. The Hall–Kier alpha value is -1.66. The second-order valence-electron chi connectivity index (χ2n) is 4.11. The van der Waals surface area contributed by atoms with Crippen LogP contribution in [0.25, 0.3) is 10.2 Å². The summed E-state index contributed by atoms with van der Waals surface area (Å²) in [6.45, 7) is 1.67. The van der Waals surface area contributed by atoms with Gasteiger partial charge in [0.25, 0.3) is 0 Å². The smallest absolute Gasteiger partial charge is 0.326 e. The molecule has 0 unspecified atom stereocenters. The number of carbonyl (C=O) groups excluding carboxylic acids is 1. The number of hydrogen-bond donors (Lipinski definition) is 1. The Labute approximate surface area is 108 Å². The maximum atomic E-state index is 12.1. The molecule has 1 N–H and O–H groups in total. The van der Waals surface area contributed by atoms with E-state index in [1.807, 2.05) is 24.3 Å². The number of carbonyl (C=O) groups is 1. The number of aromatic nitrogens is 1. The molecule has 1 saturated heterocycles. The summed E-state index contributed by atoms with van der Waals surface area (Å²) in [7, 11) is 0. The maximum Gasteiger partial charge on any atom is 0.326 e.